The highest BCUT2D eigenvalue weighted by atomic mass is 16.5. The molecule has 0 N–H and O–H groups in total. The van der Waals surface area contributed by atoms with Crippen molar-refractivity contribution in [2.45, 2.75) is 13.0 Å². The number of ether oxygens (including phenoxy) is 1. The zero-order chi connectivity index (χ0) is 17.8. The number of methoxy groups -OCH3 is 1. The summed E-state index contributed by atoms with van der Waals surface area (Å²) >= 11 is 0. The van der Waals surface area contributed by atoms with E-state index in [1.807, 2.05) is 74.8 Å². The first-order valence-corrected chi connectivity index (χ1v) is 8.11. The van der Waals surface area contributed by atoms with Gasteiger partial charge < -0.3 is 9.64 Å². The Balaban J connectivity index is 1.74. The molecule has 3 rings (SSSR count). The zero-order valence-electron chi connectivity index (χ0n) is 14.6. The molecule has 1 atom stereocenters. The van der Waals surface area contributed by atoms with E-state index in [4.69, 9.17) is 4.74 Å². The number of nitrogens with zero attached hydrogens (tertiary/aromatic N) is 3. The van der Waals surface area contributed by atoms with Crippen LogP contribution in [0.1, 0.15) is 28.9 Å². The minimum absolute atomic E-state index is 0.0182. The van der Waals surface area contributed by atoms with Crippen LogP contribution in [0.15, 0.2) is 67.0 Å². The number of rotatable bonds is 5. The van der Waals surface area contributed by atoms with E-state index in [1.54, 1.807) is 22.9 Å². The predicted molar refractivity (Wildman–Crippen MR) is 97.1 cm³/mol. The smallest absolute Gasteiger partial charge is 0.254 e. The normalized spacial score (nSPS) is 11.8. The van der Waals surface area contributed by atoms with Crippen LogP contribution in [-0.2, 0) is 0 Å². The van der Waals surface area contributed by atoms with Crippen molar-refractivity contribution in [3.8, 4) is 11.4 Å². The minimum Gasteiger partial charge on any atom is -0.497 e. The van der Waals surface area contributed by atoms with Crippen LogP contribution in [0, 0.1) is 0 Å². The van der Waals surface area contributed by atoms with Gasteiger partial charge >= 0.3 is 0 Å². The molecule has 0 saturated heterocycles. The maximum absolute atomic E-state index is 12.8. The number of amides is 1. The molecule has 0 spiro atoms. The first-order chi connectivity index (χ1) is 12.1. The van der Waals surface area contributed by atoms with Crippen LogP contribution in [-0.4, -0.2) is 34.7 Å². The maximum atomic E-state index is 12.8. The van der Waals surface area contributed by atoms with Crippen LogP contribution in [0.5, 0.6) is 5.75 Å². The Morgan fingerprint density at radius 2 is 1.80 bits per heavy atom. The summed E-state index contributed by atoms with van der Waals surface area (Å²) in [7, 11) is 3.46. The predicted octanol–water partition coefficient (Wildman–Crippen LogP) is 3.71. The van der Waals surface area contributed by atoms with Gasteiger partial charge in [-0.3, -0.25) is 4.79 Å². The number of hydrogen-bond donors (Lipinski definition) is 0. The Bertz CT molecular complexity index is 824. The molecular weight excluding hydrogens is 314 g/mol. The Morgan fingerprint density at radius 1 is 1.12 bits per heavy atom. The van der Waals surface area contributed by atoms with Gasteiger partial charge in [0, 0.05) is 25.0 Å². The largest absolute Gasteiger partial charge is 0.497 e. The molecule has 3 aromatic rings. The van der Waals surface area contributed by atoms with Crippen molar-refractivity contribution in [3.05, 3.63) is 78.1 Å². The Kier molecular flexibility index (Phi) is 4.84. The van der Waals surface area contributed by atoms with Gasteiger partial charge in [-0.05, 0) is 55.0 Å². The van der Waals surface area contributed by atoms with Crippen molar-refractivity contribution >= 4 is 5.91 Å². The second-order valence-electron chi connectivity index (χ2n) is 5.86. The monoisotopic (exact) mass is 335 g/mol. The first-order valence-electron chi connectivity index (χ1n) is 8.11. The Labute approximate surface area is 147 Å². The average molecular weight is 335 g/mol. The van der Waals surface area contributed by atoms with E-state index < -0.39 is 0 Å². The highest BCUT2D eigenvalue weighted by molar-refractivity contribution is 5.94. The molecule has 25 heavy (non-hydrogen) atoms. The third-order valence-corrected chi connectivity index (χ3v) is 4.38. The lowest BCUT2D eigenvalue weighted by Gasteiger charge is -2.25. The summed E-state index contributed by atoms with van der Waals surface area (Å²) in [6, 6.07) is 17.0. The molecule has 0 fully saturated rings. The Morgan fingerprint density at radius 3 is 2.36 bits per heavy atom. The summed E-state index contributed by atoms with van der Waals surface area (Å²) in [6.07, 6.45) is 3.60. The molecule has 5 heteroatoms. The van der Waals surface area contributed by atoms with Crippen LogP contribution in [0.2, 0.25) is 0 Å². The fraction of sp³-hybridized carbons (Fsp3) is 0.200. The number of benzene rings is 2. The van der Waals surface area contributed by atoms with Crippen molar-refractivity contribution < 1.29 is 9.53 Å². The summed E-state index contributed by atoms with van der Waals surface area (Å²) in [5.41, 5.74) is 2.64. The van der Waals surface area contributed by atoms with Gasteiger partial charge in [0.25, 0.3) is 5.91 Å². The first kappa shape index (κ1) is 16.8. The van der Waals surface area contributed by atoms with E-state index in [9.17, 15) is 4.79 Å². The van der Waals surface area contributed by atoms with Gasteiger partial charge in [-0.2, -0.15) is 5.10 Å². The fourth-order valence-corrected chi connectivity index (χ4v) is 2.66. The highest BCUT2D eigenvalue weighted by Crippen LogP contribution is 2.23. The fourth-order valence-electron chi connectivity index (χ4n) is 2.66. The summed E-state index contributed by atoms with van der Waals surface area (Å²) in [6.45, 7) is 2.01. The van der Waals surface area contributed by atoms with Crippen LogP contribution >= 0.6 is 0 Å². The second kappa shape index (κ2) is 7.21. The van der Waals surface area contributed by atoms with Gasteiger partial charge in [0.15, 0.2) is 0 Å². The van der Waals surface area contributed by atoms with Gasteiger partial charge in [-0.1, -0.05) is 12.1 Å². The van der Waals surface area contributed by atoms with Gasteiger partial charge in [-0.15, -0.1) is 0 Å². The van der Waals surface area contributed by atoms with Crippen molar-refractivity contribution in [1.82, 2.24) is 14.7 Å². The molecule has 1 unspecified atom stereocenters. The molecule has 1 amide bonds. The quantitative estimate of drug-likeness (QED) is 0.714. The number of aromatic nitrogens is 2. The van der Waals surface area contributed by atoms with Crippen LogP contribution < -0.4 is 4.74 Å². The lowest BCUT2D eigenvalue weighted by Crippen LogP contribution is -2.29. The van der Waals surface area contributed by atoms with Gasteiger partial charge in [-0.25, -0.2) is 4.68 Å². The van der Waals surface area contributed by atoms with Gasteiger partial charge in [0.05, 0.1) is 18.8 Å². The minimum atomic E-state index is -0.0378. The highest BCUT2D eigenvalue weighted by Gasteiger charge is 2.19. The molecule has 2 aromatic carbocycles. The summed E-state index contributed by atoms with van der Waals surface area (Å²) in [4.78, 5) is 14.5. The van der Waals surface area contributed by atoms with Gasteiger partial charge in [0.1, 0.15) is 5.75 Å². The lowest BCUT2D eigenvalue weighted by atomic mass is 10.1. The number of hydrogen-bond acceptors (Lipinski definition) is 3. The molecule has 5 nitrogen and oxygen atoms in total. The molecule has 1 aromatic heterocycles. The second-order valence-corrected chi connectivity index (χ2v) is 5.86. The molecular formula is C20H21N3O2. The zero-order valence-corrected chi connectivity index (χ0v) is 14.6. The van der Waals surface area contributed by atoms with Crippen LogP contribution in [0.4, 0.5) is 0 Å². The number of carbonyl (C=O) groups is 1. The SMILES string of the molecule is COc1ccc(C(C)N(C)C(=O)c2ccc(-n3cccn3)cc2)cc1. The van der Waals surface area contributed by atoms with E-state index in [0.717, 1.165) is 17.0 Å². The molecule has 128 valence electrons. The van der Waals surface area contributed by atoms with Crippen molar-refractivity contribution in [3.63, 3.8) is 0 Å². The third kappa shape index (κ3) is 3.55. The molecule has 0 saturated carbocycles. The molecule has 0 aliphatic rings. The number of carbonyl (C=O) groups excluding carboxylic acids is 1. The average Bonchev–Trinajstić information content (AvgIpc) is 3.21. The van der Waals surface area contributed by atoms with Crippen LogP contribution in [0.3, 0.4) is 0 Å². The van der Waals surface area contributed by atoms with E-state index in [-0.39, 0.29) is 11.9 Å². The molecule has 0 radical (unpaired) electrons. The summed E-state index contributed by atoms with van der Waals surface area (Å²) < 4.78 is 6.94. The Hall–Kier alpha value is -3.08. The van der Waals surface area contributed by atoms with Crippen molar-refractivity contribution in [2.75, 3.05) is 14.2 Å². The molecule has 1 heterocycles. The van der Waals surface area contributed by atoms with Gasteiger partial charge in [0.2, 0.25) is 0 Å². The van der Waals surface area contributed by atoms with E-state index in [2.05, 4.69) is 5.10 Å². The third-order valence-electron chi connectivity index (χ3n) is 4.38. The van der Waals surface area contributed by atoms with Crippen LogP contribution in [0.25, 0.3) is 5.69 Å². The molecule has 0 aliphatic carbocycles. The topological polar surface area (TPSA) is 47.4 Å². The standard InChI is InChI=1S/C20H21N3O2/c1-15(16-7-11-19(25-3)12-8-16)22(2)20(24)17-5-9-18(10-6-17)23-14-4-13-21-23/h4-15H,1-3H3. The van der Waals surface area contributed by atoms with Crippen molar-refractivity contribution in [2.24, 2.45) is 0 Å². The molecule has 0 bridgehead atoms. The molecule has 0 aliphatic heterocycles. The lowest BCUT2D eigenvalue weighted by molar-refractivity contribution is 0.0742. The van der Waals surface area contributed by atoms with Crippen molar-refractivity contribution in [1.29, 1.82) is 0 Å². The summed E-state index contributed by atoms with van der Waals surface area (Å²) in [5, 5.41) is 4.19. The van der Waals surface area contributed by atoms with E-state index >= 15 is 0 Å². The summed E-state index contributed by atoms with van der Waals surface area (Å²) in [5.74, 6) is 0.787. The van der Waals surface area contributed by atoms with E-state index in [0.29, 0.717) is 5.56 Å². The van der Waals surface area contributed by atoms with E-state index in [1.165, 1.54) is 0 Å². The maximum Gasteiger partial charge on any atom is 0.254 e.